The molecule has 0 aromatic heterocycles. The van der Waals surface area contributed by atoms with Crippen LogP contribution in [0.4, 0.5) is 0 Å². The SMILES string of the molecule is CCCc1ccc(O)c(O)c1C[Si](C)(C)C. The molecule has 0 aliphatic heterocycles. The van der Waals surface area contributed by atoms with Crippen molar-refractivity contribution in [3.63, 3.8) is 0 Å². The molecule has 0 heterocycles. The van der Waals surface area contributed by atoms with E-state index in [1.165, 1.54) is 5.56 Å². The summed E-state index contributed by atoms with van der Waals surface area (Å²) >= 11 is 0. The summed E-state index contributed by atoms with van der Waals surface area (Å²) in [5.41, 5.74) is 2.14. The molecule has 1 aromatic rings. The Morgan fingerprint density at radius 2 is 1.75 bits per heavy atom. The van der Waals surface area contributed by atoms with Crippen molar-refractivity contribution >= 4 is 8.07 Å². The summed E-state index contributed by atoms with van der Waals surface area (Å²) in [5.74, 6) is 0.0986. The van der Waals surface area contributed by atoms with Crippen LogP contribution in [0.3, 0.4) is 0 Å². The first-order valence-corrected chi connectivity index (χ1v) is 9.58. The minimum Gasteiger partial charge on any atom is -0.504 e. The van der Waals surface area contributed by atoms with Crippen LogP contribution in [0.25, 0.3) is 0 Å². The van der Waals surface area contributed by atoms with Gasteiger partial charge in [0.2, 0.25) is 0 Å². The third-order valence-electron chi connectivity index (χ3n) is 2.58. The number of rotatable bonds is 4. The highest BCUT2D eigenvalue weighted by Crippen LogP contribution is 2.34. The summed E-state index contributed by atoms with van der Waals surface area (Å²) < 4.78 is 0. The Bertz CT molecular complexity index is 367. The van der Waals surface area contributed by atoms with Crippen LogP contribution in [0.5, 0.6) is 11.5 Å². The van der Waals surface area contributed by atoms with Crippen LogP contribution in [0.15, 0.2) is 12.1 Å². The monoisotopic (exact) mass is 238 g/mol. The van der Waals surface area contributed by atoms with Crippen molar-refractivity contribution in [2.45, 2.75) is 45.5 Å². The van der Waals surface area contributed by atoms with Gasteiger partial charge in [-0.2, -0.15) is 0 Å². The summed E-state index contributed by atoms with van der Waals surface area (Å²) in [4.78, 5) is 0. The van der Waals surface area contributed by atoms with E-state index in [9.17, 15) is 10.2 Å². The molecule has 0 aliphatic carbocycles. The fourth-order valence-electron chi connectivity index (χ4n) is 1.90. The van der Waals surface area contributed by atoms with Gasteiger partial charge in [0.1, 0.15) is 0 Å². The molecular formula is C13H22O2Si. The van der Waals surface area contributed by atoms with Crippen molar-refractivity contribution < 1.29 is 10.2 Å². The highest BCUT2D eigenvalue weighted by atomic mass is 28.3. The quantitative estimate of drug-likeness (QED) is 0.623. The molecule has 0 aliphatic rings. The molecule has 2 nitrogen and oxygen atoms in total. The molecule has 1 aromatic carbocycles. The summed E-state index contributed by atoms with van der Waals surface area (Å²) in [6.45, 7) is 8.94. The van der Waals surface area contributed by atoms with E-state index in [4.69, 9.17) is 0 Å². The molecular weight excluding hydrogens is 216 g/mol. The fourth-order valence-corrected chi connectivity index (χ4v) is 3.35. The Kier molecular flexibility index (Phi) is 4.02. The van der Waals surface area contributed by atoms with Gasteiger partial charge in [0.25, 0.3) is 0 Å². The average Bonchev–Trinajstić information content (AvgIpc) is 2.16. The maximum Gasteiger partial charge on any atom is 0.160 e. The van der Waals surface area contributed by atoms with Gasteiger partial charge in [-0.05, 0) is 29.7 Å². The minimum atomic E-state index is -1.28. The molecule has 90 valence electrons. The van der Waals surface area contributed by atoms with Gasteiger partial charge in [-0.3, -0.25) is 0 Å². The molecule has 16 heavy (non-hydrogen) atoms. The Labute approximate surface area is 99.0 Å². The fraction of sp³-hybridized carbons (Fsp3) is 0.538. The first-order chi connectivity index (χ1) is 7.35. The number of hydrogen-bond donors (Lipinski definition) is 2. The van der Waals surface area contributed by atoms with E-state index < -0.39 is 8.07 Å². The normalized spacial score (nSPS) is 11.8. The Hall–Kier alpha value is -0.963. The van der Waals surface area contributed by atoms with Crippen LogP contribution in [0.2, 0.25) is 19.6 Å². The lowest BCUT2D eigenvalue weighted by molar-refractivity contribution is 0.399. The number of phenols is 2. The smallest absolute Gasteiger partial charge is 0.160 e. The van der Waals surface area contributed by atoms with Crippen molar-refractivity contribution in [1.82, 2.24) is 0 Å². The van der Waals surface area contributed by atoms with Gasteiger partial charge >= 0.3 is 0 Å². The predicted molar refractivity (Wildman–Crippen MR) is 70.8 cm³/mol. The Morgan fingerprint density at radius 1 is 1.12 bits per heavy atom. The summed E-state index contributed by atoms with van der Waals surface area (Å²) in [7, 11) is -1.28. The minimum absolute atomic E-state index is 0.00750. The molecule has 0 atom stereocenters. The molecule has 0 radical (unpaired) electrons. The largest absolute Gasteiger partial charge is 0.504 e. The molecule has 0 spiro atoms. The maximum atomic E-state index is 9.94. The zero-order valence-corrected chi connectivity index (χ0v) is 11.7. The van der Waals surface area contributed by atoms with Gasteiger partial charge in [-0.25, -0.2) is 0 Å². The van der Waals surface area contributed by atoms with Crippen LogP contribution >= 0.6 is 0 Å². The molecule has 0 fully saturated rings. The third-order valence-corrected chi connectivity index (χ3v) is 4.00. The molecule has 0 saturated heterocycles. The summed E-state index contributed by atoms with van der Waals surface area (Å²) in [5, 5.41) is 19.5. The number of benzene rings is 1. The van der Waals surface area contributed by atoms with Crippen molar-refractivity contribution in [2.75, 3.05) is 0 Å². The van der Waals surface area contributed by atoms with E-state index in [0.717, 1.165) is 24.4 Å². The number of hydrogen-bond acceptors (Lipinski definition) is 2. The predicted octanol–water partition coefficient (Wildman–Crippen LogP) is 3.47. The first-order valence-electron chi connectivity index (χ1n) is 5.88. The standard InChI is InChI=1S/C13H22O2Si/c1-5-6-10-7-8-12(14)13(15)11(10)9-16(2,3)4/h7-8,14-15H,5-6,9H2,1-4H3. The van der Waals surface area contributed by atoms with Gasteiger partial charge in [-0.15, -0.1) is 0 Å². The zero-order chi connectivity index (χ0) is 12.3. The Balaban J connectivity index is 3.15. The van der Waals surface area contributed by atoms with Crippen LogP contribution in [-0.4, -0.2) is 18.3 Å². The van der Waals surface area contributed by atoms with Gasteiger partial charge < -0.3 is 10.2 Å². The number of aromatic hydroxyl groups is 2. The number of aryl methyl sites for hydroxylation is 1. The third kappa shape index (κ3) is 3.27. The van der Waals surface area contributed by atoms with Crippen molar-refractivity contribution in [3.05, 3.63) is 23.3 Å². The van der Waals surface area contributed by atoms with E-state index in [1.807, 2.05) is 6.07 Å². The van der Waals surface area contributed by atoms with E-state index in [2.05, 4.69) is 26.6 Å². The second-order valence-corrected chi connectivity index (χ2v) is 11.0. The lowest BCUT2D eigenvalue weighted by Crippen LogP contribution is -2.24. The highest BCUT2D eigenvalue weighted by Gasteiger charge is 2.20. The molecule has 1 rings (SSSR count). The zero-order valence-electron chi connectivity index (χ0n) is 10.7. The van der Waals surface area contributed by atoms with Gasteiger partial charge in [0, 0.05) is 8.07 Å². The average molecular weight is 238 g/mol. The molecule has 0 bridgehead atoms. The van der Waals surface area contributed by atoms with E-state index in [-0.39, 0.29) is 11.5 Å². The van der Waals surface area contributed by atoms with Gasteiger partial charge in [0.15, 0.2) is 11.5 Å². The van der Waals surface area contributed by atoms with Crippen LogP contribution in [0, 0.1) is 0 Å². The molecule has 0 unspecified atom stereocenters. The van der Waals surface area contributed by atoms with Crippen molar-refractivity contribution in [2.24, 2.45) is 0 Å². The summed E-state index contributed by atoms with van der Waals surface area (Å²) in [6.07, 6.45) is 2.02. The van der Waals surface area contributed by atoms with Crippen molar-refractivity contribution in [3.8, 4) is 11.5 Å². The first kappa shape index (κ1) is 13.1. The Morgan fingerprint density at radius 3 is 2.25 bits per heavy atom. The number of phenolic OH excluding ortho intramolecular Hbond substituents is 2. The van der Waals surface area contributed by atoms with Crippen LogP contribution in [-0.2, 0) is 12.5 Å². The van der Waals surface area contributed by atoms with Gasteiger partial charge in [-0.1, -0.05) is 39.1 Å². The second kappa shape index (κ2) is 4.91. The lowest BCUT2D eigenvalue weighted by Gasteiger charge is -2.20. The van der Waals surface area contributed by atoms with E-state index in [1.54, 1.807) is 6.07 Å². The highest BCUT2D eigenvalue weighted by molar-refractivity contribution is 6.75. The van der Waals surface area contributed by atoms with E-state index in [0.29, 0.717) is 0 Å². The van der Waals surface area contributed by atoms with E-state index >= 15 is 0 Å². The van der Waals surface area contributed by atoms with Gasteiger partial charge in [0.05, 0.1) is 0 Å². The molecule has 0 amide bonds. The van der Waals surface area contributed by atoms with Crippen LogP contribution in [0.1, 0.15) is 24.5 Å². The summed E-state index contributed by atoms with van der Waals surface area (Å²) in [6, 6.07) is 4.45. The molecule has 3 heteroatoms. The lowest BCUT2D eigenvalue weighted by atomic mass is 10.0. The maximum absolute atomic E-state index is 9.94. The second-order valence-electron chi connectivity index (χ2n) is 5.56. The molecule has 0 saturated carbocycles. The molecule has 2 N–H and O–H groups in total. The topological polar surface area (TPSA) is 40.5 Å². The van der Waals surface area contributed by atoms with Crippen LogP contribution < -0.4 is 0 Å². The van der Waals surface area contributed by atoms with Crippen molar-refractivity contribution in [1.29, 1.82) is 0 Å².